The van der Waals surface area contributed by atoms with E-state index in [1.807, 2.05) is 6.08 Å². The van der Waals surface area contributed by atoms with Crippen molar-refractivity contribution in [3.63, 3.8) is 0 Å². The fourth-order valence-corrected chi connectivity index (χ4v) is 9.94. The summed E-state index contributed by atoms with van der Waals surface area (Å²) < 4.78 is 16.9. The van der Waals surface area contributed by atoms with Crippen molar-refractivity contribution in [3.05, 3.63) is 97.2 Å². The first-order chi connectivity index (χ1) is 40.0. The molecule has 0 saturated heterocycles. The lowest BCUT2D eigenvalue weighted by molar-refractivity contribution is -0.166. The highest BCUT2D eigenvalue weighted by molar-refractivity contribution is 5.72. The third kappa shape index (κ3) is 67.0. The molecule has 1 atom stereocenters. The molecule has 0 aromatic heterocycles. The number of hydrogen-bond acceptors (Lipinski definition) is 6. The molecule has 0 aromatic carbocycles. The maximum atomic E-state index is 12.9. The van der Waals surface area contributed by atoms with Crippen molar-refractivity contribution in [2.75, 3.05) is 13.2 Å². The third-order valence-electron chi connectivity index (χ3n) is 15.1. The Morgan fingerprint density at radius 3 is 0.864 bits per heavy atom. The van der Waals surface area contributed by atoms with Gasteiger partial charge < -0.3 is 14.2 Å². The molecule has 0 aliphatic carbocycles. The topological polar surface area (TPSA) is 78.9 Å². The van der Waals surface area contributed by atoms with E-state index >= 15 is 0 Å². The van der Waals surface area contributed by atoms with Crippen LogP contribution in [0.5, 0.6) is 0 Å². The second-order valence-electron chi connectivity index (χ2n) is 23.1. The van der Waals surface area contributed by atoms with Gasteiger partial charge in [0, 0.05) is 12.8 Å². The van der Waals surface area contributed by atoms with Gasteiger partial charge in [0.2, 0.25) is 0 Å². The average Bonchev–Trinajstić information content (AvgIpc) is 3.47. The Hall–Kier alpha value is -3.67. The lowest BCUT2D eigenvalue weighted by Crippen LogP contribution is -2.30. The van der Waals surface area contributed by atoms with Gasteiger partial charge in [0.1, 0.15) is 13.2 Å². The van der Waals surface area contributed by atoms with Crippen LogP contribution in [0.15, 0.2) is 97.2 Å². The zero-order chi connectivity index (χ0) is 58.5. The Balaban J connectivity index is 4.37. The number of hydrogen-bond donors (Lipinski definition) is 0. The largest absolute Gasteiger partial charge is 0.462 e. The van der Waals surface area contributed by atoms with E-state index in [9.17, 15) is 14.4 Å². The van der Waals surface area contributed by atoms with Gasteiger partial charge in [-0.1, -0.05) is 336 Å². The molecule has 0 saturated carbocycles. The molecule has 6 nitrogen and oxygen atoms in total. The van der Waals surface area contributed by atoms with Gasteiger partial charge in [0.25, 0.3) is 0 Å². The van der Waals surface area contributed by atoms with Crippen LogP contribution in [0.1, 0.15) is 342 Å². The predicted molar refractivity (Wildman–Crippen MR) is 353 cm³/mol. The van der Waals surface area contributed by atoms with Crippen molar-refractivity contribution in [2.45, 2.75) is 348 Å². The van der Waals surface area contributed by atoms with Gasteiger partial charge >= 0.3 is 17.9 Å². The van der Waals surface area contributed by atoms with Crippen molar-refractivity contribution in [3.8, 4) is 0 Å². The molecule has 0 bridgehead atoms. The van der Waals surface area contributed by atoms with Crippen LogP contribution in [0, 0.1) is 0 Å². The molecule has 0 radical (unpaired) electrons. The summed E-state index contributed by atoms with van der Waals surface area (Å²) in [5.41, 5.74) is 0. The van der Waals surface area contributed by atoms with Gasteiger partial charge in [-0.15, -0.1) is 0 Å². The molecule has 0 aliphatic rings. The van der Waals surface area contributed by atoms with E-state index < -0.39 is 12.1 Å². The van der Waals surface area contributed by atoms with E-state index in [1.54, 1.807) is 6.08 Å². The van der Waals surface area contributed by atoms with Crippen LogP contribution in [0.2, 0.25) is 0 Å². The van der Waals surface area contributed by atoms with E-state index in [1.165, 1.54) is 218 Å². The first kappa shape index (κ1) is 77.3. The lowest BCUT2D eigenvalue weighted by Gasteiger charge is -2.18. The molecule has 0 spiro atoms. The molecule has 0 aliphatic heterocycles. The number of rotatable bonds is 63. The highest BCUT2D eigenvalue weighted by atomic mass is 16.6. The summed E-state index contributed by atoms with van der Waals surface area (Å²) in [5.74, 6) is -1.03. The Labute approximate surface area is 502 Å². The maximum Gasteiger partial charge on any atom is 0.309 e. The fraction of sp³-hybridized carbons (Fsp3) is 0.747. The molecule has 1 unspecified atom stereocenters. The van der Waals surface area contributed by atoms with E-state index in [4.69, 9.17) is 14.2 Å². The average molecular weight is 1130 g/mol. The van der Waals surface area contributed by atoms with Crippen LogP contribution >= 0.6 is 0 Å². The molecule has 0 fully saturated rings. The molecule has 81 heavy (non-hydrogen) atoms. The van der Waals surface area contributed by atoms with Crippen molar-refractivity contribution >= 4 is 17.9 Å². The number of unbranched alkanes of at least 4 members (excludes halogenated alkanes) is 37. The molecule has 0 rings (SSSR count). The van der Waals surface area contributed by atoms with Crippen molar-refractivity contribution in [1.29, 1.82) is 0 Å². The van der Waals surface area contributed by atoms with E-state index in [-0.39, 0.29) is 31.6 Å². The fourth-order valence-electron chi connectivity index (χ4n) is 9.94. The SMILES string of the molecule is CC/C=C\C/C=C\C/C=C\C/C=C\C/C=C\CC(=O)OCC(COC(=O)CCCCCCCCCCCC/C=C\C/C=C\C/C=C\CCCCCCC)OC(=O)CCCCCCCCCCCCCCCCCCCCCCCCC. The van der Waals surface area contributed by atoms with Gasteiger partial charge in [-0.2, -0.15) is 0 Å². The van der Waals surface area contributed by atoms with Crippen molar-refractivity contribution in [1.82, 2.24) is 0 Å². The molecule has 466 valence electrons. The number of carbonyl (C=O) groups is 3. The molecular formula is C75H130O6. The van der Waals surface area contributed by atoms with Gasteiger partial charge in [-0.05, 0) is 83.5 Å². The van der Waals surface area contributed by atoms with Gasteiger partial charge in [-0.25, -0.2) is 0 Å². The quantitative estimate of drug-likeness (QED) is 0.0261. The lowest BCUT2D eigenvalue weighted by atomic mass is 10.0. The summed E-state index contributed by atoms with van der Waals surface area (Å²) in [6.45, 7) is 6.47. The molecule has 0 amide bonds. The van der Waals surface area contributed by atoms with Gasteiger partial charge in [0.15, 0.2) is 6.10 Å². The van der Waals surface area contributed by atoms with Crippen LogP contribution in [0.25, 0.3) is 0 Å². The molecule has 0 heterocycles. The minimum absolute atomic E-state index is 0.107. The van der Waals surface area contributed by atoms with E-state index in [0.717, 1.165) is 83.5 Å². The van der Waals surface area contributed by atoms with E-state index in [2.05, 4.69) is 106 Å². The minimum atomic E-state index is -0.820. The molecular weight excluding hydrogens is 997 g/mol. The highest BCUT2D eigenvalue weighted by Crippen LogP contribution is 2.18. The Bertz CT molecular complexity index is 1580. The molecule has 0 N–H and O–H groups in total. The number of carbonyl (C=O) groups excluding carboxylic acids is 3. The van der Waals surface area contributed by atoms with Crippen molar-refractivity contribution < 1.29 is 28.6 Å². The Kier molecular flexibility index (Phi) is 65.7. The van der Waals surface area contributed by atoms with Crippen LogP contribution in [-0.2, 0) is 28.6 Å². The van der Waals surface area contributed by atoms with Gasteiger partial charge in [0.05, 0.1) is 6.42 Å². The van der Waals surface area contributed by atoms with Gasteiger partial charge in [-0.3, -0.25) is 14.4 Å². The summed E-state index contributed by atoms with van der Waals surface area (Å²) in [6.07, 6.45) is 93.2. The first-order valence-electron chi connectivity index (χ1n) is 34.7. The van der Waals surface area contributed by atoms with Crippen LogP contribution in [0.4, 0.5) is 0 Å². The summed E-state index contributed by atoms with van der Waals surface area (Å²) >= 11 is 0. The predicted octanol–water partition coefficient (Wildman–Crippen LogP) is 24.0. The van der Waals surface area contributed by atoms with Crippen LogP contribution < -0.4 is 0 Å². The number of ether oxygens (including phenoxy) is 3. The number of esters is 3. The maximum absolute atomic E-state index is 12.9. The second kappa shape index (κ2) is 68.8. The molecule has 0 aromatic rings. The van der Waals surface area contributed by atoms with E-state index in [0.29, 0.717) is 12.8 Å². The standard InChI is InChI=1S/C75H130O6/c1-4-7-10-13-16-19-22-25-28-30-32-34-36-37-39-40-42-44-47-50-53-56-59-62-65-68-74(77)80-71-72(70-79-73(76)67-64-61-58-55-52-49-46-27-24-21-18-15-12-9-6-3)81-75(78)69-66-63-60-57-54-51-48-45-43-41-38-35-33-31-29-26-23-20-17-14-11-8-5-2/h9,12,18,21-22,25,27,30,32,36-37,46,52,55,61,64,72H,4-8,10-11,13-17,19-20,23-24,26,28-29,31,33-35,38-45,47-51,53-54,56-60,62-63,65-71H2,1-3H3/b12-9-,21-18-,25-22-,32-30-,37-36-,46-27-,55-52-,64-61-. The monoisotopic (exact) mass is 1130 g/mol. The zero-order valence-electron chi connectivity index (χ0n) is 53.5. The smallest absolute Gasteiger partial charge is 0.309 e. The van der Waals surface area contributed by atoms with Crippen LogP contribution in [-0.4, -0.2) is 37.2 Å². The zero-order valence-corrected chi connectivity index (χ0v) is 53.5. The summed E-state index contributed by atoms with van der Waals surface area (Å²) in [4.78, 5) is 38.4. The Morgan fingerprint density at radius 1 is 0.272 bits per heavy atom. The van der Waals surface area contributed by atoms with Crippen molar-refractivity contribution in [2.24, 2.45) is 0 Å². The summed E-state index contributed by atoms with van der Waals surface area (Å²) in [5, 5.41) is 0. The second-order valence-corrected chi connectivity index (χ2v) is 23.1. The minimum Gasteiger partial charge on any atom is -0.462 e. The normalized spacial score (nSPS) is 12.7. The number of allylic oxidation sites excluding steroid dienone is 15. The summed E-state index contributed by atoms with van der Waals surface area (Å²) in [7, 11) is 0. The molecule has 6 heteroatoms. The first-order valence-corrected chi connectivity index (χ1v) is 34.7. The third-order valence-corrected chi connectivity index (χ3v) is 15.1. The van der Waals surface area contributed by atoms with Crippen LogP contribution in [0.3, 0.4) is 0 Å². The summed E-state index contributed by atoms with van der Waals surface area (Å²) in [6, 6.07) is 0. The highest BCUT2D eigenvalue weighted by Gasteiger charge is 2.19. The Morgan fingerprint density at radius 2 is 0.531 bits per heavy atom.